The highest BCUT2D eigenvalue weighted by atomic mass is 16.6. The third kappa shape index (κ3) is 4.23. The minimum atomic E-state index is -0.555. The molecule has 0 spiro atoms. The lowest BCUT2D eigenvalue weighted by Crippen LogP contribution is -2.36. The van der Waals surface area contributed by atoms with E-state index in [1.807, 2.05) is 42.5 Å². The summed E-state index contributed by atoms with van der Waals surface area (Å²) in [4.78, 5) is 14.7. The van der Waals surface area contributed by atoms with Gasteiger partial charge in [0.25, 0.3) is 0 Å². The number of hydrogen-bond donors (Lipinski definition) is 2. The molecule has 7 heteroatoms. The Morgan fingerprint density at radius 1 is 1.00 bits per heavy atom. The summed E-state index contributed by atoms with van der Waals surface area (Å²) < 4.78 is 6.36. The monoisotopic (exact) mass is 457 g/mol. The van der Waals surface area contributed by atoms with E-state index >= 15 is 0 Å². The molecule has 176 valence electrons. The smallest absolute Gasteiger partial charge is 0.142 e. The Hall–Kier alpha value is -3.45. The fourth-order valence-corrected chi connectivity index (χ4v) is 4.98. The van der Waals surface area contributed by atoms with E-state index in [1.54, 1.807) is 0 Å². The first-order valence-electron chi connectivity index (χ1n) is 11.9. The zero-order chi connectivity index (χ0) is 23.7. The number of nitrogens with zero attached hydrogens (tertiary/aromatic N) is 3. The summed E-state index contributed by atoms with van der Waals surface area (Å²) in [5.41, 5.74) is 17.3. The van der Waals surface area contributed by atoms with Crippen LogP contribution >= 0.6 is 0 Å². The van der Waals surface area contributed by atoms with Gasteiger partial charge in [-0.05, 0) is 63.3 Å². The van der Waals surface area contributed by atoms with Crippen molar-refractivity contribution in [3.8, 4) is 17.0 Å². The second-order valence-electron chi connectivity index (χ2n) is 9.67. The molecule has 0 radical (unpaired) electrons. The molecule has 1 fully saturated rings. The van der Waals surface area contributed by atoms with Gasteiger partial charge >= 0.3 is 0 Å². The van der Waals surface area contributed by atoms with Gasteiger partial charge in [0.1, 0.15) is 24.5 Å². The quantitative estimate of drug-likeness (QED) is 0.543. The van der Waals surface area contributed by atoms with E-state index in [0.29, 0.717) is 12.4 Å². The fourth-order valence-electron chi connectivity index (χ4n) is 4.98. The molecule has 2 aromatic carbocycles. The van der Waals surface area contributed by atoms with Gasteiger partial charge in [-0.1, -0.05) is 35.5 Å². The first-order valence-corrected chi connectivity index (χ1v) is 11.9. The highest BCUT2D eigenvalue weighted by Gasteiger charge is 2.41. The Kier molecular flexibility index (Phi) is 5.96. The number of oxime groups is 1. The van der Waals surface area contributed by atoms with Crippen LogP contribution in [0.25, 0.3) is 11.3 Å². The third-order valence-electron chi connectivity index (χ3n) is 6.85. The number of anilines is 1. The second-order valence-corrected chi connectivity index (χ2v) is 9.67. The Balaban J connectivity index is 1.53. The van der Waals surface area contributed by atoms with Crippen LogP contribution in [0.1, 0.15) is 56.2 Å². The average molecular weight is 458 g/mol. The maximum atomic E-state index is 6.36. The molecule has 2 aliphatic rings. The lowest BCUT2D eigenvalue weighted by atomic mass is 9.70. The molecule has 0 amide bonds. The minimum Gasteiger partial charge on any atom is -0.490 e. The van der Waals surface area contributed by atoms with Crippen molar-refractivity contribution in [1.29, 1.82) is 0 Å². The van der Waals surface area contributed by atoms with E-state index in [-0.39, 0.29) is 12.1 Å². The zero-order valence-electron chi connectivity index (χ0n) is 19.7. The summed E-state index contributed by atoms with van der Waals surface area (Å²) in [5.74, 6) is 1.27. The number of ether oxygens (including phenoxy) is 1. The van der Waals surface area contributed by atoms with Crippen molar-refractivity contribution in [2.45, 2.75) is 63.7 Å². The predicted molar refractivity (Wildman–Crippen MR) is 134 cm³/mol. The van der Waals surface area contributed by atoms with Crippen LogP contribution in [0.4, 0.5) is 5.82 Å². The molecule has 1 heterocycles. The first-order chi connectivity index (χ1) is 16.4. The Morgan fingerprint density at radius 3 is 2.53 bits per heavy atom. The van der Waals surface area contributed by atoms with Gasteiger partial charge < -0.3 is 21.0 Å². The van der Waals surface area contributed by atoms with Crippen molar-refractivity contribution < 1.29 is 9.57 Å². The van der Waals surface area contributed by atoms with Crippen molar-refractivity contribution in [2.24, 2.45) is 10.9 Å². The van der Waals surface area contributed by atoms with Gasteiger partial charge in [0.2, 0.25) is 0 Å². The molecular formula is C27H31N5O2. The van der Waals surface area contributed by atoms with Crippen LogP contribution in [-0.4, -0.2) is 27.8 Å². The van der Waals surface area contributed by atoms with Crippen molar-refractivity contribution in [3.63, 3.8) is 0 Å². The van der Waals surface area contributed by atoms with E-state index in [2.05, 4.69) is 35.0 Å². The molecule has 1 aromatic heterocycles. The molecule has 4 N–H and O–H groups in total. The van der Waals surface area contributed by atoms with Gasteiger partial charge in [-0.15, -0.1) is 0 Å². The van der Waals surface area contributed by atoms with Gasteiger partial charge in [-0.3, -0.25) is 0 Å². The molecule has 0 saturated heterocycles. The number of fused-ring (bicyclic) bond motifs is 3. The molecule has 0 aliphatic heterocycles. The van der Waals surface area contributed by atoms with E-state index in [9.17, 15) is 0 Å². The van der Waals surface area contributed by atoms with Gasteiger partial charge in [-0.2, -0.15) is 0 Å². The Morgan fingerprint density at radius 2 is 1.76 bits per heavy atom. The number of nitrogen functional groups attached to an aromatic ring is 1. The molecule has 0 bridgehead atoms. The topological polar surface area (TPSA) is 109 Å². The van der Waals surface area contributed by atoms with Crippen molar-refractivity contribution in [3.05, 3.63) is 71.5 Å². The van der Waals surface area contributed by atoms with Gasteiger partial charge in [0, 0.05) is 28.1 Å². The van der Waals surface area contributed by atoms with Crippen LogP contribution in [0.2, 0.25) is 0 Å². The summed E-state index contributed by atoms with van der Waals surface area (Å²) in [6, 6.07) is 16.4. The zero-order valence-corrected chi connectivity index (χ0v) is 19.7. The van der Waals surface area contributed by atoms with E-state index in [1.165, 1.54) is 6.33 Å². The van der Waals surface area contributed by atoms with Crippen molar-refractivity contribution in [2.75, 3.05) is 5.73 Å². The van der Waals surface area contributed by atoms with Gasteiger partial charge in [0.05, 0.1) is 17.5 Å². The maximum absolute atomic E-state index is 6.36. The van der Waals surface area contributed by atoms with Crippen LogP contribution in [0.5, 0.6) is 5.75 Å². The number of aromatic nitrogens is 2. The first kappa shape index (κ1) is 22.3. The summed E-state index contributed by atoms with van der Waals surface area (Å²) in [5, 5.41) is 4.64. The van der Waals surface area contributed by atoms with E-state index in [4.69, 9.17) is 21.0 Å². The largest absolute Gasteiger partial charge is 0.490 e. The van der Waals surface area contributed by atoms with Crippen LogP contribution in [0.15, 0.2) is 60.0 Å². The lowest BCUT2D eigenvalue weighted by molar-refractivity contribution is 0.129. The van der Waals surface area contributed by atoms with Crippen LogP contribution in [0.3, 0.4) is 0 Å². The normalized spacial score (nSPS) is 22.0. The molecule has 34 heavy (non-hydrogen) atoms. The van der Waals surface area contributed by atoms with Crippen LogP contribution < -0.4 is 16.2 Å². The fraction of sp³-hybridized carbons (Fsp3) is 0.370. The summed E-state index contributed by atoms with van der Waals surface area (Å²) in [6.07, 6.45) is 5.61. The molecule has 0 unspecified atom stereocenters. The SMILES string of the molecule is CC1(C)/C(=N/OCc2ccccc2)c2cc(OC3CCC(N)CC3)ccc2-c2ncnc(N)c21. The maximum Gasteiger partial charge on any atom is 0.142 e. The minimum absolute atomic E-state index is 0.175. The predicted octanol–water partition coefficient (Wildman–Crippen LogP) is 4.59. The molecule has 5 rings (SSSR count). The highest BCUT2D eigenvalue weighted by molar-refractivity contribution is 6.15. The molecular weight excluding hydrogens is 426 g/mol. The number of rotatable bonds is 5. The molecule has 7 nitrogen and oxygen atoms in total. The Labute approximate surface area is 200 Å². The summed E-state index contributed by atoms with van der Waals surface area (Å²) in [6.45, 7) is 4.53. The average Bonchev–Trinajstić information content (AvgIpc) is 2.83. The highest BCUT2D eigenvalue weighted by Crippen LogP contribution is 2.45. The van der Waals surface area contributed by atoms with Crippen molar-refractivity contribution >= 4 is 11.5 Å². The molecule has 0 atom stereocenters. The van der Waals surface area contributed by atoms with Crippen LogP contribution in [0, 0.1) is 0 Å². The summed E-state index contributed by atoms with van der Waals surface area (Å²) >= 11 is 0. The third-order valence-corrected chi connectivity index (χ3v) is 6.85. The van der Waals surface area contributed by atoms with Gasteiger partial charge in [-0.25, -0.2) is 9.97 Å². The molecule has 1 saturated carbocycles. The number of hydrogen-bond acceptors (Lipinski definition) is 7. The molecule has 3 aromatic rings. The number of nitrogens with two attached hydrogens (primary N) is 2. The standard InChI is InChI=1S/C27H31N5O2/c1-27(2)23-24(30-16-31-26(23)29)21-13-12-20(34-19-10-8-18(28)9-11-19)14-22(21)25(27)32-33-15-17-6-4-3-5-7-17/h3-7,12-14,16,18-19H,8-11,15,28H2,1-2H3,(H2,29,30,31)/b32-25+. The van der Waals surface area contributed by atoms with E-state index in [0.717, 1.165) is 65.1 Å². The number of benzene rings is 2. The lowest BCUT2D eigenvalue weighted by Gasteiger charge is -2.35. The second kappa shape index (κ2) is 9.06. The molecule has 2 aliphatic carbocycles. The van der Waals surface area contributed by atoms with E-state index < -0.39 is 5.41 Å². The Bertz CT molecular complexity index is 1200. The van der Waals surface area contributed by atoms with Gasteiger partial charge in [0.15, 0.2) is 0 Å². The summed E-state index contributed by atoms with van der Waals surface area (Å²) in [7, 11) is 0. The van der Waals surface area contributed by atoms with Crippen molar-refractivity contribution in [1.82, 2.24) is 9.97 Å². The van der Waals surface area contributed by atoms with Crippen LogP contribution in [-0.2, 0) is 16.9 Å².